The molecule has 1 atom stereocenters. The lowest BCUT2D eigenvalue weighted by atomic mass is 10.1. The first-order chi connectivity index (χ1) is 15.6. The molecule has 174 valence electrons. The largest absolute Gasteiger partial charge is 0.490 e. The number of anilines is 1. The first-order valence-electron chi connectivity index (χ1n) is 10.0. The van der Waals surface area contributed by atoms with Crippen molar-refractivity contribution in [1.82, 2.24) is 9.88 Å². The predicted octanol–water partition coefficient (Wildman–Crippen LogP) is 5.27. The highest BCUT2D eigenvalue weighted by atomic mass is 79.9. The van der Waals surface area contributed by atoms with E-state index in [-0.39, 0.29) is 11.9 Å². The summed E-state index contributed by atoms with van der Waals surface area (Å²) in [5.41, 5.74) is 3.00. The van der Waals surface area contributed by atoms with Crippen LogP contribution in [0.2, 0.25) is 0 Å². The van der Waals surface area contributed by atoms with Crippen LogP contribution >= 0.6 is 15.9 Å². The summed E-state index contributed by atoms with van der Waals surface area (Å²) in [6, 6.07) is 14.1. The van der Waals surface area contributed by atoms with E-state index in [1.54, 1.807) is 0 Å². The van der Waals surface area contributed by atoms with E-state index in [9.17, 15) is 18.0 Å². The summed E-state index contributed by atoms with van der Waals surface area (Å²) in [5.74, 6) is -2.67. The molecule has 1 aromatic heterocycles. The van der Waals surface area contributed by atoms with Crippen LogP contribution in [0, 0.1) is 6.92 Å². The molecule has 10 heteroatoms. The van der Waals surface area contributed by atoms with Gasteiger partial charge in [0.2, 0.25) is 0 Å². The van der Waals surface area contributed by atoms with Crippen LogP contribution in [0.1, 0.15) is 22.3 Å². The van der Waals surface area contributed by atoms with Crippen LogP contribution in [0.25, 0.3) is 10.8 Å². The summed E-state index contributed by atoms with van der Waals surface area (Å²) in [7, 11) is 0. The molecule has 1 amide bonds. The predicted molar refractivity (Wildman–Crippen MR) is 122 cm³/mol. The fraction of sp³-hybridized carbons (Fsp3) is 0.261. The van der Waals surface area contributed by atoms with Gasteiger partial charge in [0.05, 0.1) is 0 Å². The zero-order valence-electron chi connectivity index (χ0n) is 17.6. The Hall–Kier alpha value is -3.14. The summed E-state index contributed by atoms with van der Waals surface area (Å²) in [6.45, 7) is 3.57. The molecule has 2 aromatic carbocycles. The van der Waals surface area contributed by atoms with Gasteiger partial charge in [0.15, 0.2) is 0 Å². The summed E-state index contributed by atoms with van der Waals surface area (Å²) in [4.78, 5) is 27.8. The Balaban J connectivity index is 0.000000383. The topological polar surface area (TPSA) is 82.5 Å². The van der Waals surface area contributed by atoms with Crippen LogP contribution in [0.15, 0.2) is 59.3 Å². The van der Waals surface area contributed by atoms with Crippen LogP contribution in [0.4, 0.5) is 18.9 Å². The fourth-order valence-electron chi connectivity index (χ4n) is 3.62. The highest BCUT2D eigenvalue weighted by Gasteiger charge is 2.38. The normalized spacial score (nSPS) is 15.7. The number of hydrogen-bond acceptors (Lipinski definition) is 4. The second-order valence-corrected chi connectivity index (χ2v) is 8.47. The van der Waals surface area contributed by atoms with Crippen molar-refractivity contribution in [1.29, 1.82) is 0 Å². The maximum absolute atomic E-state index is 12.7. The molecule has 3 aromatic rings. The van der Waals surface area contributed by atoms with Crippen molar-refractivity contribution in [3.05, 3.63) is 70.5 Å². The number of nitrogens with zero attached hydrogens (tertiary/aromatic N) is 2. The van der Waals surface area contributed by atoms with Crippen LogP contribution in [0.5, 0.6) is 0 Å². The monoisotopic (exact) mass is 523 g/mol. The van der Waals surface area contributed by atoms with Gasteiger partial charge >= 0.3 is 12.1 Å². The van der Waals surface area contributed by atoms with E-state index in [2.05, 4.69) is 45.3 Å². The van der Waals surface area contributed by atoms with Gasteiger partial charge in [-0.3, -0.25) is 9.78 Å². The third kappa shape index (κ3) is 6.22. The Morgan fingerprint density at radius 3 is 2.55 bits per heavy atom. The SMILES string of the molecule is Cc1cncc2cccc(NC3CCN(C(=O)c4cccc(Br)c4)C3)c12.O=C(O)C(F)(F)F. The van der Waals surface area contributed by atoms with Gasteiger partial charge in [-0.15, -0.1) is 0 Å². The third-order valence-electron chi connectivity index (χ3n) is 5.12. The van der Waals surface area contributed by atoms with Gasteiger partial charge in [-0.1, -0.05) is 34.1 Å². The number of rotatable bonds is 3. The number of alkyl halides is 3. The molecule has 0 bridgehead atoms. The summed E-state index contributed by atoms with van der Waals surface area (Å²) < 4.78 is 32.7. The van der Waals surface area contributed by atoms with Crippen molar-refractivity contribution in [2.45, 2.75) is 25.6 Å². The second kappa shape index (κ2) is 10.2. The zero-order valence-corrected chi connectivity index (χ0v) is 19.2. The number of fused-ring (bicyclic) bond motifs is 1. The molecule has 33 heavy (non-hydrogen) atoms. The van der Waals surface area contributed by atoms with Gasteiger partial charge < -0.3 is 15.3 Å². The van der Waals surface area contributed by atoms with E-state index in [0.29, 0.717) is 6.54 Å². The van der Waals surface area contributed by atoms with Crippen molar-refractivity contribution in [3.63, 3.8) is 0 Å². The van der Waals surface area contributed by atoms with Crippen molar-refractivity contribution >= 4 is 44.3 Å². The first kappa shape index (κ1) is 24.5. The zero-order chi connectivity index (χ0) is 24.2. The lowest BCUT2D eigenvalue weighted by Crippen LogP contribution is -2.31. The lowest BCUT2D eigenvalue weighted by molar-refractivity contribution is -0.192. The van der Waals surface area contributed by atoms with E-state index < -0.39 is 12.1 Å². The standard InChI is InChI=1S/C21H20BrN3O.C2HF3O2/c1-14-11-23-12-16-5-3-7-19(20(14)16)24-18-8-9-25(13-18)21(26)15-4-2-6-17(22)10-15;3-2(4,5)1(6)7/h2-7,10-12,18,24H,8-9,13H2,1H3;(H,6,7). The number of amides is 1. The van der Waals surface area contributed by atoms with E-state index in [1.807, 2.05) is 47.6 Å². The van der Waals surface area contributed by atoms with E-state index >= 15 is 0 Å². The molecule has 1 aliphatic rings. The molecule has 0 radical (unpaired) electrons. The van der Waals surface area contributed by atoms with Crippen LogP contribution < -0.4 is 5.32 Å². The summed E-state index contributed by atoms with van der Waals surface area (Å²) in [6.07, 6.45) is -0.350. The van der Waals surface area contributed by atoms with Gasteiger partial charge in [0.1, 0.15) is 0 Å². The minimum absolute atomic E-state index is 0.0916. The van der Waals surface area contributed by atoms with Gasteiger partial charge in [-0.2, -0.15) is 13.2 Å². The molecule has 2 heterocycles. The van der Waals surface area contributed by atoms with Crippen molar-refractivity contribution in [2.24, 2.45) is 0 Å². The number of carbonyl (C=O) groups is 2. The quantitative estimate of drug-likeness (QED) is 0.488. The molecule has 1 unspecified atom stereocenters. The number of pyridine rings is 1. The third-order valence-corrected chi connectivity index (χ3v) is 5.62. The Labute approximate surface area is 196 Å². The number of carboxylic acids is 1. The fourth-order valence-corrected chi connectivity index (χ4v) is 4.02. The van der Waals surface area contributed by atoms with Gasteiger partial charge in [0.25, 0.3) is 5.91 Å². The minimum atomic E-state index is -5.08. The molecular weight excluding hydrogens is 503 g/mol. The number of aromatic nitrogens is 1. The van der Waals surface area contributed by atoms with Crippen molar-refractivity contribution in [3.8, 4) is 0 Å². The lowest BCUT2D eigenvalue weighted by Gasteiger charge is -2.19. The highest BCUT2D eigenvalue weighted by molar-refractivity contribution is 9.10. The van der Waals surface area contributed by atoms with Gasteiger partial charge in [-0.25, -0.2) is 4.79 Å². The second-order valence-electron chi connectivity index (χ2n) is 7.55. The molecule has 1 aliphatic heterocycles. The van der Waals surface area contributed by atoms with Crippen LogP contribution in [-0.4, -0.2) is 52.2 Å². The number of halogens is 4. The van der Waals surface area contributed by atoms with Crippen molar-refractivity contribution in [2.75, 3.05) is 18.4 Å². The Kier molecular flexibility index (Phi) is 7.57. The molecule has 1 saturated heterocycles. The van der Waals surface area contributed by atoms with E-state index in [1.165, 1.54) is 5.39 Å². The number of nitrogens with one attached hydrogen (secondary N) is 1. The van der Waals surface area contributed by atoms with Gasteiger partial charge in [0, 0.05) is 58.0 Å². The molecule has 4 rings (SSSR count). The van der Waals surface area contributed by atoms with E-state index in [4.69, 9.17) is 9.90 Å². The number of likely N-dealkylation sites (tertiary alicyclic amines) is 1. The van der Waals surface area contributed by atoms with E-state index in [0.717, 1.165) is 39.6 Å². The first-order valence-corrected chi connectivity index (χ1v) is 10.8. The maximum Gasteiger partial charge on any atom is 0.490 e. The number of aliphatic carboxylic acids is 1. The molecule has 2 N–H and O–H groups in total. The number of aryl methyl sites for hydroxylation is 1. The molecule has 6 nitrogen and oxygen atoms in total. The average molecular weight is 524 g/mol. The molecule has 0 spiro atoms. The van der Waals surface area contributed by atoms with Crippen LogP contribution in [-0.2, 0) is 4.79 Å². The number of benzene rings is 2. The number of carboxylic acid groups (broad SMARTS) is 1. The summed E-state index contributed by atoms with van der Waals surface area (Å²) in [5, 5.41) is 13.1. The Bertz CT molecular complexity index is 1170. The smallest absolute Gasteiger partial charge is 0.475 e. The van der Waals surface area contributed by atoms with Gasteiger partial charge in [-0.05, 0) is 43.2 Å². The number of hydrogen-bond donors (Lipinski definition) is 2. The molecule has 1 fully saturated rings. The minimum Gasteiger partial charge on any atom is -0.475 e. The Morgan fingerprint density at radius 2 is 1.88 bits per heavy atom. The van der Waals surface area contributed by atoms with Crippen molar-refractivity contribution < 1.29 is 27.9 Å². The number of carbonyl (C=O) groups excluding carboxylic acids is 1. The molecule has 0 aliphatic carbocycles. The highest BCUT2D eigenvalue weighted by Crippen LogP contribution is 2.28. The summed E-state index contributed by atoms with van der Waals surface area (Å²) >= 11 is 3.44. The van der Waals surface area contributed by atoms with Crippen LogP contribution in [0.3, 0.4) is 0 Å². The maximum atomic E-state index is 12.7. The molecule has 0 saturated carbocycles. The molecular formula is C23H21BrF3N3O3. The average Bonchev–Trinajstić information content (AvgIpc) is 3.22. The Morgan fingerprint density at radius 1 is 1.18 bits per heavy atom.